The predicted molar refractivity (Wildman–Crippen MR) is 55.9 cm³/mol. The molecule has 0 aliphatic heterocycles. The van der Waals surface area contributed by atoms with Gasteiger partial charge in [-0.2, -0.15) is 24.3 Å². The van der Waals surface area contributed by atoms with E-state index < -0.39 is 0 Å². The molecule has 2 rings (SSSR count). The molecule has 0 saturated heterocycles. The number of hydrogen-bond acceptors (Lipinski definition) is 2. The minimum atomic E-state index is 0. The molecule has 0 heterocycles. The Balaban J connectivity index is 0.00000112. The molecule has 0 N–H and O–H groups in total. The van der Waals surface area contributed by atoms with Gasteiger partial charge in [-0.25, -0.2) is 0 Å². The molecule has 0 fully saturated rings. The Morgan fingerprint density at radius 2 is 1.53 bits per heavy atom. The first kappa shape index (κ1) is 12.0. The predicted octanol–water partition coefficient (Wildman–Crippen LogP) is -0.339. The third kappa shape index (κ3) is 2.12. The fourth-order valence-corrected chi connectivity index (χ4v) is 1.54. The van der Waals surface area contributed by atoms with Gasteiger partial charge in [-0.15, -0.1) is 0 Å². The monoisotopic (exact) mass is 194 g/mol. The molecule has 0 radical (unpaired) electrons. The van der Waals surface area contributed by atoms with Crippen LogP contribution in [0.4, 0.5) is 0 Å². The van der Waals surface area contributed by atoms with E-state index in [1.165, 1.54) is 0 Å². The molecule has 0 aliphatic carbocycles. The van der Waals surface area contributed by atoms with Crippen molar-refractivity contribution < 1.29 is 28.3 Å². The van der Waals surface area contributed by atoms with Crippen molar-refractivity contribution in [2.24, 2.45) is 0 Å². The summed E-state index contributed by atoms with van der Waals surface area (Å²) in [6.45, 7) is 0. The zero-order valence-electron chi connectivity index (χ0n) is 9.20. The average molecular weight is 194 g/mol. The van der Waals surface area contributed by atoms with Crippen LogP contribution in [-0.4, -0.2) is 14.2 Å². The molecule has 72 valence electrons. The molecule has 0 unspecified atom stereocenters. The van der Waals surface area contributed by atoms with Crippen LogP contribution in [0.5, 0.6) is 11.5 Å². The van der Waals surface area contributed by atoms with Gasteiger partial charge in [-0.1, -0.05) is 10.8 Å². The summed E-state index contributed by atoms with van der Waals surface area (Å²) in [6.07, 6.45) is 0. The Kier molecular flexibility index (Phi) is 4.08. The van der Waals surface area contributed by atoms with Crippen LogP contribution in [0.15, 0.2) is 30.3 Å². The van der Waals surface area contributed by atoms with Gasteiger partial charge in [0.15, 0.2) is 0 Å². The van der Waals surface area contributed by atoms with Crippen molar-refractivity contribution in [2.45, 2.75) is 0 Å². The number of ether oxygens (including phenoxy) is 2. The molecule has 0 spiro atoms. The molecule has 0 amide bonds. The topological polar surface area (TPSA) is 18.5 Å². The van der Waals surface area contributed by atoms with E-state index in [9.17, 15) is 0 Å². The van der Waals surface area contributed by atoms with Gasteiger partial charge in [0.05, 0.1) is 20.0 Å². The van der Waals surface area contributed by atoms with Gasteiger partial charge in [-0.05, 0) is 12.1 Å². The van der Waals surface area contributed by atoms with Crippen LogP contribution in [0.1, 0.15) is 0 Å². The Bertz CT molecular complexity index is 412. The molecule has 15 heavy (non-hydrogen) atoms. The second-order valence-electron chi connectivity index (χ2n) is 2.94. The molecule has 2 aromatic carbocycles. The Morgan fingerprint density at radius 1 is 0.933 bits per heavy atom. The number of methoxy groups -OCH3 is 2. The van der Waals surface area contributed by atoms with E-state index in [-0.39, 0.29) is 18.9 Å². The van der Waals surface area contributed by atoms with Crippen LogP contribution < -0.4 is 28.3 Å². The maximum absolute atomic E-state index is 5.26. The molecule has 2 aromatic rings. The molecule has 0 bridgehead atoms. The Labute approximate surface area is 101 Å². The van der Waals surface area contributed by atoms with E-state index in [2.05, 4.69) is 6.07 Å². The molecule has 0 saturated carbocycles. The second kappa shape index (κ2) is 5.11. The maximum atomic E-state index is 5.26. The third-order valence-electron chi connectivity index (χ3n) is 2.22. The molecule has 3 heteroatoms. The number of rotatable bonds is 2. The largest absolute Gasteiger partial charge is 1.00 e. The summed E-state index contributed by atoms with van der Waals surface area (Å²) in [5.41, 5.74) is 0. The molecular formula is C12H11LiO2. The van der Waals surface area contributed by atoms with Crippen LogP contribution in [0.3, 0.4) is 0 Å². The van der Waals surface area contributed by atoms with Gasteiger partial charge in [0.25, 0.3) is 0 Å². The number of benzene rings is 2. The molecule has 0 aromatic heterocycles. The summed E-state index contributed by atoms with van der Waals surface area (Å²) in [6, 6.07) is 12.6. The van der Waals surface area contributed by atoms with Crippen LogP contribution in [0, 0.1) is 6.07 Å². The minimum absolute atomic E-state index is 0. The van der Waals surface area contributed by atoms with E-state index >= 15 is 0 Å². The van der Waals surface area contributed by atoms with Crippen molar-refractivity contribution in [3.8, 4) is 11.5 Å². The van der Waals surface area contributed by atoms with Crippen molar-refractivity contribution in [1.29, 1.82) is 0 Å². The number of fused-ring (bicyclic) bond motifs is 1. The molecule has 2 nitrogen and oxygen atoms in total. The third-order valence-corrected chi connectivity index (χ3v) is 2.22. The summed E-state index contributed by atoms with van der Waals surface area (Å²) >= 11 is 0. The van der Waals surface area contributed by atoms with Gasteiger partial charge < -0.3 is 9.47 Å². The van der Waals surface area contributed by atoms with Crippen LogP contribution in [0.25, 0.3) is 10.8 Å². The SMILES string of the molecule is COc1ccc(OC)c2cc[c-]cc12.[Li+]. The summed E-state index contributed by atoms with van der Waals surface area (Å²) in [5.74, 6) is 1.70. The smallest absolute Gasteiger partial charge is 0.509 e. The van der Waals surface area contributed by atoms with Crippen molar-refractivity contribution in [1.82, 2.24) is 0 Å². The van der Waals surface area contributed by atoms with E-state index in [1.54, 1.807) is 14.2 Å². The van der Waals surface area contributed by atoms with Crippen LogP contribution in [0.2, 0.25) is 0 Å². The summed E-state index contributed by atoms with van der Waals surface area (Å²) in [4.78, 5) is 0. The summed E-state index contributed by atoms with van der Waals surface area (Å²) < 4.78 is 10.5. The van der Waals surface area contributed by atoms with Crippen LogP contribution >= 0.6 is 0 Å². The molecular weight excluding hydrogens is 183 g/mol. The standard InChI is InChI=1S/C12H11O2.Li/c1-13-11-7-8-12(14-2)10-6-4-3-5-9(10)11;/h3,5-8H,1-2H3;/q-1;+1. The van der Waals surface area contributed by atoms with Gasteiger partial charge in [0.2, 0.25) is 0 Å². The fourth-order valence-electron chi connectivity index (χ4n) is 1.54. The quantitative estimate of drug-likeness (QED) is 0.481. The van der Waals surface area contributed by atoms with Gasteiger partial charge in [0, 0.05) is 0 Å². The Morgan fingerprint density at radius 3 is 2.13 bits per heavy atom. The average Bonchev–Trinajstić information content (AvgIpc) is 2.27. The summed E-state index contributed by atoms with van der Waals surface area (Å²) in [7, 11) is 3.33. The first-order chi connectivity index (χ1) is 6.86. The van der Waals surface area contributed by atoms with E-state index in [1.807, 2.05) is 30.3 Å². The van der Waals surface area contributed by atoms with Crippen molar-refractivity contribution in [3.05, 3.63) is 36.4 Å². The second-order valence-corrected chi connectivity index (χ2v) is 2.94. The van der Waals surface area contributed by atoms with Crippen molar-refractivity contribution in [2.75, 3.05) is 14.2 Å². The Hall–Kier alpha value is -1.10. The van der Waals surface area contributed by atoms with Crippen molar-refractivity contribution >= 4 is 10.8 Å². The fraction of sp³-hybridized carbons (Fsp3) is 0.167. The maximum Gasteiger partial charge on any atom is 1.00 e. The van der Waals surface area contributed by atoms with E-state index in [0.29, 0.717) is 0 Å². The number of hydrogen-bond donors (Lipinski definition) is 0. The summed E-state index contributed by atoms with van der Waals surface area (Å²) in [5, 5.41) is 2.07. The van der Waals surface area contributed by atoms with Gasteiger partial charge in [-0.3, -0.25) is 0 Å². The van der Waals surface area contributed by atoms with Crippen molar-refractivity contribution in [3.63, 3.8) is 0 Å². The van der Waals surface area contributed by atoms with E-state index in [4.69, 9.17) is 9.47 Å². The minimum Gasteiger partial charge on any atom is -0.509 e. The first-order valence-electron chi connectivity index (χ1n) is 4.37. The first-order valence-corrected chi connectivity index (χ1v) is 4.37. The zero-order valence-corrected chi connectivity index (χ0v) is 9.20. The zero-order chi connectivity index (χ0) is 9.97. The molecule has 0 atom stereocenters. The van der Waals surface area contributed by atoms with E-state index in [0.717, 1.165) is 22.3 Å². The molecule has 0 aliphatic rings. The normalized spacial score (nSPS) is 9.47. The van der Waals surface area contributed by atoms with Crippen LogP contribution in [-0.2, 0) is 0 Å². The van der Waals surface area contributed by atoms with Gasteiger partial charge >= 0.3 is 18.9 Å². The van der Waals surface area contributed by atoms with Gasteiger partial charge in [0.1, 0.15) is 5.75 Å².